The topological polar surface area (TPSA) is 3.24 Å². The fourth-order valence-electron chi connectivity index (χ4n) is 0.494. The molecule has 1 nitrogen and oxygen atoms in total. The van der Waals surface area contributed by atoms with Gasteiger partial charge in [-0.15, -0.1) is 12.6 Å². The molecule has 0 saturated heterocycles. The molecule has 13 heavy (non-hydrogen) atoms. The summed E-state index contributed by atoms with van der Waals surface area (Å²) in [6, 6.07) is 0. The summed E-state index contributed by atoms with van der Waals surface area (Å²) in [5.41, 5.74) is 0. The third-order valence-electron chi connectivity index (χ3n) is 1.03. The first-order chi connectivity index (χ1) is 5.72. The molecule has 0 amide bonds. The van der Waals surface area contributed by atoms with E-state index >= 15 is 0 Å². The molecule has 0 aromatic heterocycles. The molecule has 0 bridgehead atoms. The van der Waals surface area contributed by atoms with Gasteiger partial charge in [0.1, 0.15) is 4.32 Å². The molecule has 76 valence electrons. The SMILES string of the molecule is CCN(CC)C(=S)S.[CH2-]C.[CH2-]C.[Zn+2]. The van der Waals surface area contributed by atoms with Gasteiger partial charge in [0.15, 0.2) is 0 Å². The van der Waals surface area contributed by atoms with Gasteiger partial charge in [-0.05, 0) is 13.8 Å². The Bertz CT molecular complexity index is 85.7. The van der Waals surface area contributed by atoms with Crippen molar-refractivity contribution in [3.8, 4) is 0 Å². The van der Waals surface area contributed by atoms with Gasteiger partial charge < -0.3 is 18.7 Å². The molecule has 0 spiro atoms. The average molecular weight is 273 g/mol. The number of thiol groups is 1. The fourth-order valence-corrected chi connectivity index (χ4v) is 1.04. The van der Waals surface area contributed by atoms with Gasteiger partial charge in [0, 0.05) is 13.1 Å². The molecule has 0 fully saturated rings. The largest absolute Gasteiger partial charge is 2.00 e. The molecule has 0 atom stereocenters. The summed E-state index contributed by atoms with van der Waals surface area (Å²) in [4.78, 5) is 2.01. The van der Waals surface area contributed by atoms with Crippen LogP contribution < -0.4 is 0 Å². The first kappa shape index (κ1) is 23.6. The van der Waals surface area contributed by atoms with Crippen LogP contribution in [0.5, 0.6) is 0 Å². The third-order valence-corrected chi connectivity index (χ3v) is 1.58. The normalized spacial score (nSPS) is 6.38. The van der Waals surface area contributed by atoms with Crippen molar-refractivity contribution in [1.29, 1.82) is 0 Å². The molecule has 0 rings (SSSR count). The summed E-state index contributed by atoms with van der Waals surface area (Å²) in [6.07, 6.45) is 0. The van der Waals surface area contributed by atoms with E-state index in [-0.39, 0.29) is 19.5 Å². The van der Waals surface area contributed by atoms with Crippen molar-refractivity contribution in [3.63, 3.8) is 0 Å². The van der Waals surface area contributed by atoms with Crippen LogP contribution in [0.3, 0.4) is 0 Å². The van der Waals surface area contributed by atoms with Crippen LogP contribution in [0.15, 0.2) is 0 Å². The molecule has 0 aromatic rings. The Kier molecular flexibility index (Phi) is 41.8. The molecular weight excluding hydrogens is 252 g/mol. The Labute approximate surface area is 108 Å². The van der Waals surface area contributed by atoms with E-state index in [1.165, 1.54) is 0 Å². The van der Waals surface area contributed by atoms with Gasteiger partial charge in [-0.1, -0.05) is 12.2 Å². The number of rotatable bonds is 2. The summed E-state index contributed by atoms with van der Waals surface area (Å²) in [6.45, 7) is 16.0. The van der Waals surface area contributed by atoms with Crippen molar-refractivity contribution in [2.24, 2.45) is 0 Å². The molecule has 0 aromatic carbocycles. The zero-order valence-electron chi connectivity index (χ0n) is 9.34. The monoisotopic (exact) mass is 271 g/mol. The van der Waals surface area contributed by atoms with Crippen LogP contribution >= 0.6 is 24.8 Å². The molecular formula is C9H21NS2Zn. The Hall–Kier alpha value is 0.863. The van der Waals surface area contributed by atoms with Crippen LogP contribution in [0.2, 0.25) is 0 Å². The van der Waals surface area contributed by atoms with Crippen LogP contribution in [0.25, 0.3) is 0 Å². The molecule has 0 N–H and O–H groups in total. The predicted molar refractivity (Wildman–Crippen MR) is 66.6 cm³/mol. The van der Waals surface area contributed by atoms with E-state index in [2.05, 4.69) is 40.3 Å². The Morgan fingerprint density at radius 1 is 1.15 bits per heavy atom. The first-order valence-electron chi connectivity index (χ1n) is 4.11. The van der Waals surface area contributed by atoms with Gasteiger partial charge in [0.25, 0.3) is 0 Å². The van der Waals surface area contributed by atoms with Crippen LogP contribution in [0.4, 0.5) is 0 Å². The zero-order valence-corrected chi connectivity index (χ0v) is 14.0. The van der Waals surface area contributed by atoms with E-state index in [0.29, 0.717) is 4.32 Å². The second kappa shape index (κ2) is 23.0. The smallest absolute Gasteiger partial charge is 0.358 e. The van der Waals surface area contributed by atoms with E-state index in [1.807, 2.05) is 4.90 Å². The van der Waals surface area contributed by atoms with Crippen LogP contribution in [0.1, 0.15) is 27.7 Å². The van der Waals surface area contributed by atoms with Crippen molar-refractivity contribution in [2.45, 2.75) is 27.7 Å². The minimum absolute atomic E-state index is 0. The summed E-state index contributed by atoms with van der Waals surface area (Å²) in [7, 11) is 0. The number of hydrogen-bond donors (Lipinski definition) is 1. The first-order valence-corrected chi connectivity index (χ1v) is 4.97. The van der Waals surface area contributed by atoms with Gasteiger partial charge >= 0.3 is 19.5 Å². The Balaban J connectivity index is -0.0000000712. The number of hydrogen-bond acceptors (Lipinski definition) is 1. The minimum Gasteiger partial charge on any atom is -0.358 e. The standard InChI is InChI=1S/C5H11NS2.2C2H5.Zn/c1-3-6(4-2)5(7)8;2*1-2;/h3-4H2,1-2H3,(H,7,8);2*1H2,2H3;/q;2*-1;+2. The fraction of sp³-hybridized carbons (Fsp3) is 0.667. The van der Waals surface area contributed by atoms with Crippen LogP contribution in [-0.4, -0.2) is 22.3 Å². The maximum absolute atomic E-state index is 4.81. The molecule has 0 aliphatic carbocycles. The van der Waals surface area contributed by atoms with Crippen molar-refractivity contribution in [3.05, 3.63) is 13.8 Å². The summed E-state index contributed by atoms with van der Waals surface area (Å²) in [5, 5.41) is 0. The second-order valence-electron chi connectivity index (χ2n) is 1.45. The van der Waals surface area contributed by atoms with E-state index < -0.39 is 0 Å². The van der Waals surface area contributed by atoms with Gasteiger partial charge in [0.05, 0.1) is 0 Å². The Morgan fingerprint density at radius 2 is 1.38 bits per heavy atom. The number of nitrogens with zero attached hydrogens (tertiary/aromatic N) is 1. The summed E-state index contributed by atoms with van der Waals surface area (Å²) >= 11 is 8.82. The van der Waals surface area contributed by atoms with Gasteiger partial charge in [-0.3, -0.25) is 0 Å². The van der Waals surface area contributed by atoms with Crippen molar-refractivity contribution >= 4 is 29.2 Å². The van der Waals surface area contributed by atoms with Crippen LogP contribution in [0, 0.1) is 13.8 Å². The molecule has 0 radical (unpaired) electrons. The zero-order chi connectivity index (χ0) is 10.6. The second-order valence-corrected chi connectivity index (χ2v) is 2.57. The number of thiocarbonyl (C=S) groups is 1. The van der Waals surface area contributed by atoms with E-state index in [9.17, 15) is 0 Å². The summed E-state index contributed by atoms with van der Waals surface area (Å²) < 4.78 is 0.690. The molecule has 0 aliphatic rings. The van der Waals surface area contributed by atoms with E-state index in [1.54, 1.807) is 13.8 Å². The van der Waals surface area contributed by atoms with Crippen LogP contribution in [-0.2, 0) is 19.5 Å². The van der Waals surface area contributed by atoms with Crippen molar-refractivity contribution in [2.75, 3.05) is 13.1 Å². The van der Waals surface area contributed by atoms with E-state index in [0.717, 1.165) is 13.1 Å². The molecule has 4 heteroatoms. The maximum Gasteiger partial charge on any atom is 2.00 e. The van der Waals surface area contributed by atoms with Crippen molar-refractivity contribution < 1.29 is 19.5 Å². The van der Waals surface area contributed by atoms with Crippen molar-refractivity contribution in [1.82, 2.24) is 4.90 Å². The van der Waals surface area contributed by atoms with Gasteiger partial charge in [-0.25, -0.2) is 0 Å². The molecule has 0 unspecified atom stereocenters. The molecule has 0 aliphatic heterocycles. The molecule has 0 saturated carbocycles. The average Bonchev–Trinajstić information content (AvgIpc) is 2.13. The molecule has 0 heterocycles. The Morgan fingerprint density at radius 3 is 1.38 bits per heavy atom. The van der Waals surface area contributed by atoms with Gasteiger partial charge in [0.2, 0.25) is 0 Å². The maximum atomic E-state index is 4.81. The quantitative estimate of drug-likeness (QED) is 0.356. The minimum atomic E-state index is 0. The summed E-state index contributed by atoms with van der Waals surface area (Å²) in [5.74, 6) is 0. The van der Waals surface area contributed by atoms with E-state index in [4.69, 9.17) is 12.2 Å². The van der Waals surface area contributed by atoms with Gasteiger partial charge in [-0.2, -0.15) is 13.8 Å². The third kappa shape index (κ3) is 19.3. The predicted octanol–water partition coefficient (Wildman–Crippen LogP) is 3.22.